The number of amides is 11. The van der Waals surface area contributed by atoms with Crippen LogP contribution in [0.4, 0.5) is 0 Å². The van der Waals surface area contributed by atoms with Crippen LogP contribution in [-0.4, -0.2) is 209 Å². The predicted molar refractivity (Wildman–Crippen MR) is 291 cm³/mol. The second-order valence-corrected chi connectivity index (χ2v) is 19.7. The maximum atomic E-state index is 14.3. The molecule has 0 aromatic heterocycles. The predicted octanol–water partition coefficient (Wildman–Crippen LogP) is -7.87. The minimum absolute atomic E-state index is 0.0521. The molecule has 11 amide bonds. The van der Waals surface area contributed by atoms with E-state index in [1.54, 1.807) is 30.3 Å². The zero-order valence-corrected chi connectivity index (χ0v) is 46.4. The SMILES string of the molecule is CCCCCCCC(=O)N[C@@H](CCN)C(=O)N[C@H](C(=O)NC(CO)C(=O)N[C@H]1CCNC(=O)[C@H]([C@@H](C)O)NC(=O)[C@H](CO)NC(=O)[C@H](CCN)NC(=O)[C@H]([C@@H](C)O)NC(=O)[C@@H](Cc2ccccc2)NC(=O)[C@H](CCN)NC1=O)[C@@H](C)O. The summed E-state index contributed by atoms with van der Waals surface area (Å²) in [5.74, 6) is -11.5. The van der Waals surface area contributed by atoms with Gasteiger partial charge in [0.15, 0.2) is 0 Å². The zero-order valence-electron chi connectivity index (χ0n) is 46.4. The van der Waals surface area contributed by atoms with Gasteiger partial charge in [0, 0.05) is 19.4 Å². The zero-order chi connectivity index (χ0) is 60.8. The smallest absolute Gasteiger partial charge is 0.245 e. The van der Waals surface area contributed by atoms with E-state index in [0.29, 0.717) is 12.0 Å². The average Bonchev–Trinajstić information content (AvgIpc) is 3.43. The van der Waals surface area contributed by atoms with Crippen molar-refractivity contribution in [1.29, 1.82) is 0 Å². The number of aliphatic hydroxyl groups excluding tert-OH is 5. The van der Waals surface area contributed by atoms with Crippen molar-refractivity contribution in [3.8, 4) is 0 Å². The number of nitrogens with one attached hydrogen (secondary N) is 11. The normalized spacial score (nSPS) is 23.4. The number of rotatable bonds is 26. The summed E-state index contributed by atoms with van der Waals surface area (Å²) in [6.45, 7) is 2.14. The van der Waals surface area contributed by atoms with Crippen molar-refractivity contribution in [3.63, 3.8) is 0 Å². The molecule has 0 aliphatic carbocycles. The number of carbonyl (C=O) groups is 11. The maximum Gasteiger partial charge on any atom is 0.245 e. The van der Waals surface area contributed by atoms with Crippen molar-refractivity contribution in [2.24, 2.45) is 17.2 Å². The monoisotopic (exact) mass is 1150 g/mol. The van der Waals surface area contributed by atoms with Crippen LogP contribution in [0.2, 0.25) is 0 Å². The Morgan fingerprint density at radius 2 is 1.12 bits per heavy atom. The van der Waals surface area contributed by atoms with E-state index in [2.05, 4.69) is 58.5 Å². The highest BCUT2D eigenvalue weighted by molar-refractivity contribution is 5.99. The Morgan fingerprint density at radius 3 is 1.65 bits per heavy atom. The lowest BCUT2D eigenvalue weighted by molar-refractivity contribution is -0.137. The summed E-state index contributed by atoms with van der Waals surface area (Å²) in [7, 11) is 0. The number of unbranched alkanes of at least 4 members (excludes halogenated alkanes) is 4. The van der Waals surface area contributed by atoms with Gasteiger partial charge in [-0.1, -0.05) is 62.9 Å². The molecule has 0 radical (unpaired) electrons. The van der Waals surface area contributed by atoms with Gasteiger partial charge in [0.05, 0.1) is 31.5 Å². The van der Waals surface area contributed by atoms with E-state index in [4.69, 9.17) is 17.2 Å². The Balaban J connectivity index is 2.62. The van der Waals surface area contributed by atoms with Gasteiger partial charge in [-0.25, -0.2) is 0 Å². The van der Waals surface area contributed by atoms with Gasteiger partial charge < -0.3 is 101 Å². The molecule has 30 heteroatoms. The molecule has 1 heterocycles. The molecule has 2 rings (SSSR count). The number of hydrogen-bond acceptors (Lipinski definition) is 19. The first kappa shape index (κ1) is 70.2. The number of carbonyl (C=O) groups excluding carboxylic acids is 11. The Kier molecular flexibility index (Phi) is 32.2. The molecular formula is C51H86N14O16. The third-order valence-corrected chi connectivity index (χ3v) is 12.9. The van der Waals surface area contributed by atoms with E-state index >= 15 is 0 Å². The van der Waals surface area contributed by atoms with Crippen LogP contribution in [0, 0.1) is 0 Å². The molecule has 81 heavy (non-hydrogen) atoms. The number of benzene rings is 1. The van der Waals surface area contributed by atoms with Crippen LogP contribution in [0.1, 0.15) is 97.5 Å². The fourth-order valence-corrected chi connectivity index (χ4v) is 8.22. The quantitative estimate of drug-likeness (QED) is 0.0383. The van der Waals surface area contributed by atoms with Crippen LogP contribution in [0.5, 0.6) is 0 Å². The number of hydrogen-bond donors (Lipinski definition) is 19. The minimum atomic E-state index is -1.92. The molecule has 1 aliphatic heterocycles. The van der Waals surface area contributed by atoms with Gasteiger partial charge >= 0.3 is 0 Å². The van der Waals surface area contributed by atoms with Crippen molar-refractivity contribution in [2.75, 3.05) is 39.4 Å². The molecule has 1 saturated heterocycles. The summed E-state index contributed by atoms with van der Waals surface area (Å²) in [5.41, 5.74) is 17.8. The highest BCUT2D eigenvalue weighted by atomic mass is 16.3. The molecule has 0 spiro atoms. The van der Waals surface area contributed by atoms with Gasteiger partial charge in [0.25, 0.3) is 0 Å². The summed E-state index contributed by atoms with van der Waals surface area (Å²) in [6, 6.07) is -8.62. The van der Waals surface area contributed by atoms with Crippen molar-refractivity contribution in [3.05, 3.63) is 35.9 Å². The molecule has 456 valence electrons. The average molecular weight is 1150 g/mol. The van der Waals surface area contributed by atoms with Gasteiger partial charge in [-0.3, -0.25) is 52.7 Å². The Hall–Kier alpha value is -6.93. The van der Waals surface area contributed by atoms with Crippen LogP contribution >= 0.6 is 0 Å². The van der Waals surface area contributed by atoms with Gasteiger partial charge in [-0.2, -0.15) is 0 Å². The van der Waals surface area contributed by atoms with E-state index < -0.39 is 170 Å². The van der Waals surface area contributed by atoms with E-state index in [0.717, 1.165) is 46.5 Å². The van der Waals surface area contributed by atoms with Gasteiger partial charge in [0.1, 0.15) is 60.4 Å². The lowest BCUT2D eigenvalue weighted by atomic mass is 10.0. The topological polar surface area (TPSA) is 499 Å². The van der Waals surface area contributed by atoms with E-state index in [-0.39, 0.29) is 51.7 Å². The molecule has 22 N–H and O–H groups in total. The maximum absolute atomic E-state index is 14.3. The van der Waals surface area contributed by atoms with Crippen molar-refractivity contribution in [2.45, 2.75) is 177 Å². The molecule has 13 atom stereocenters. The summed E-state index contributed by atoms with van der Waals surface area (Å²) in [5, 5.41) is 78.6. The fourth-order valence-electron chi connectivity index (χ4n) is 8.22. The first-order valence-electron chi connectivity index (χ1n) is 27.2. The van der Waals surface area contributed by atoms with Crippen LogP contribution in [0.15, 0.2) is 30.3 Å². The molecule has 1 aromatic carbocycles. The summed E-state index contributed by atoms with van der Waals surface area (Å²) in [4.78, 5) is 151. The Bertz CT molecular complexity index is 2230. The number of nitrogens with two attached hydrogens (primary N) is 3. The summed E-state index contributed by atoms with van der Waals surface area (Å²) >= 11 is 0. The van der Waals surface area contributed by atoms with E-state index in [1.807, 2.05) is 6.92 Å². The molecule has 1 aromatic rings. The molecule has 1 fully saturated rings. The van der Waals surface area contributed by atoms with Crippen LogP contribution in [0.3, 0.4) is 0 Å². The first-order chi connectivity index (χ1) is 38.5. The molecule has 1 unspecified atom stereocenters. The van der Waals surface area contributed by atoms with Gasteiger partial charge in [-0.05, 0) is 78.1 Å². The Morgan fingerprint density at radius 1 is 0.593 bits per heavy atom. The summed E-state index contributed by atoms with van der Waals surface area (Å²) < 4.78 is 0. The van der Waals surface area contributed by atoms with E-state index in [9.17, 15) is 78.3 Å². The molecular weight excluding hydrogens is 1060 g/mol. The lowest BCUT2D eigenvalue weighted by Crippen LogP contribution is -2.63. The van der Waals surface area contributed by atoms with Gasteiger partial charge in [0.2, 0.25) is 65.0 Å². The van der Waals surface area contributed by atoms with Crippen LogP contribution in [0.25, 0.3) is 0 Å². The Labute approximate surface area is 470 Å². The number of aliphatic hydroxyl groups is 5. The van der Waals surface area contributed by atoms with Crippen LogP contribution < -0.4 is 75.7 Å². The fraction of sp³-hybridized carbons (Fsp3) is 0.667. The molecule has 0 saturated carbocycles. The lowest BCUT2D eigenvalue weighted by Gasteiger charge is -2.29. The first-order valence-corrected chi connectivity index (χ1v) is 27.2. The molecule has 1 aliphatic rings. The minimum Gasteiger partial charge on any atom is -0.394 e. The molecule has 30 nitrogen and oxygen atoms in total. The van der Waals surface area contributed by atoms with Crippen molar-refractivity contribution < 1.29 is 78.3 Å². The van der Waals surface area contributed by atoms with E-state index in [1.165, 1.54) is 0 Å². The third-order valence-electron chi connectivity index (χ3n) is 12.9. The highest BCUT2D eigenvalue weighted by Crippen LogP contribution is 2.10. The van der Waals surface area contributed by atoms with Crippen molar-refractivity contribution in [1.82, 2.24) is 58.5 Å². The third kappa shape index (κ3) is 24.4. The van der Waals surface area contributed by atoms with Crippen molar-refractivity contribution >= 4 is 65.0 Å². The summed E-state index contributed by atoms with van der Waals surface area (Å²) in [6.07, 6.45) is -1.97. The highest BCUT2D eigenvalue weighted by Gasteiger charge is 2.38. The standard InChI is InChI=1S/C51H86N14O16/c1-5-6-7-8-12-15-38(71)56-31(16-20-52)45(75)64-41(29(4)70)51(81)62-36(25-66)47(77)58-34-19-23-55-49(79)39(27(2)68)63-48(78)37(26-67)61-43(73)33(18-22-54)59-50(80)40(28(3)69)65-46(76)35(24-30-13-10-9-11-14-30)60-42(72)32(17-21-53)57-44(34)74/h9-11,13-14,27-29,31-37,39-41,66-70H,5-8,12,15-26,52-54H2,1-4H3,(H,55,79)(H,56,71)(H,57,74)(H,58,77)(H,59,80)(H,60,72)(H,61,73)(H,62,81)(H,63,78)(H,64,75)(H,65,76)/t27-,28-,29-,31+,32+,33+,34+,35-,36?,37+,39+,40+,41+/m1/s1. The van der Waals surface area contributed by atoms with Crippen LogP contribution in [-0.2, 0) is 59.2 Å². The largest absolute Gasteiger partial charge is 0.394 e. The second kappa shape index (κ2) is 37.2. The second-order valence-electron chi connectivity index (χ2n) is 19.7. The molecule has 0 bridgehead atoms. The van der Waals surface area contributed by atoms with Gasteiger partial charge in [-0.15, -0.1) is 0 Å².